The maximum Gasteiger partial charge on any atom is 0.0991 e. The molecular weight excluding hydrogens is 298 g/mol. The lowest BCUT2D eigenvalue weighted by Crippen LogP contribution is -2.37. The van der Waals surface area contributed by atoms with E-state index in [1.54, 1.807) is 6.20 Å². The molecule has 0 radical (unpaired) electrons. The third-order valence-corrected chi connectivity index (χ3v) is 4.84. The molecule has 0 bridgehead atoms. The molecule has 5 heteroatoms. The molecule has 24 heavy (non-hydrogen) atoms. The lowest BCUT2D eigenvalue weighted by molar-refractivity contribution is 0.206. The third-order valence-electron chi connectivity index (χ3n) is 4.84. The van der Waals surface area contributed by atoms with Crippen molar-refractivity contribution in [3.8, 4) is 5.69 Å². The van der Waals surface area contributed by atoms with Gasteiger partial charge in [-0.15, -0.1) is 0 Å². The summed E-state index contributed by atoms with van der Waals surface area (Å²) in [4.78, 5) is 14.6. The highest BCUT2D eigenvalue weighted by Crippen LogP contribution is 2.33. The molecule has 2 aromatic heterocycles. The molecule has 1 unspecified atom stereocenters. The number of aromatic amines is 1. The molecule has 1 aliphatic heterocycles. The normalized spacial score (nSPS) is 17.8. The van der Waals surface area contributed by atoms with E-state index < -0.39 is 0 Å². The fourth-order valence-electron chi connectivity index (χ4n) is 3.54. The Balaban J connectivity index is 1.66. The van der Waals surface area contributed by atoms with E-state index in [-0.39, 0.29) is 6.04 Å². The zero-order chi connectivity index (χ0) is 16.4. The molecule has 0 fully saturated rings. The van der Waals surface area contributed by atoms with Gasteiger partial charge in [0.05, 0.1) is 24.4 Å². The molecule has 3 heterocycles. The van der Waals surface area contributed by atoms with Crippen LogP contribution in [0.15, 0.2) is 49.3 Å². The Bertz CT molecular complexity index is 772. The molecule has 1 atom stereocenters. The summed E-state index contributed by atoms with van der Waals surface area (Å²) in [7, 11) is 0. The summed E-state index contributed by atoms with van der Waals surface area (Å²) in [5.41, 5.74) is 4.91. The number of hydrogen-bond donors (Lipinski definition) is 1. The van der Waals surface area contributed by atoms with Crippen molar-refractivity contribution >= 4 is 0 Å². The van der Waals surface area contributed by atoms with Crippen molar-refractivity contribution in [2.75, 3.05) is 13.1 Å². The summed E-state index contributed by atoms with van der Waals surface area (Å²) in [5.74, 6) is 0. The quantitative estimate of drug-likeness (QED) is 0.784. The zero-order valence-corrected chi connectivity index (χ0v) is 14.0. The lowest BCUT2D eigenvalue weighted by Gasteiger charge is -2.35. The SMILES string of the molecule is CCCCN1CCc2[nH]cnc2C1c1ccc(-n2ccnc2)cc1. The highest BCUT2D eigenvalue weighted by molar-refractivity contribution is 5.39. The van der Waals surface area contributed by atoms with Crippen LogP contribution in [0.25, 0.3) is 5.69 Å². The number of H-pyrrole nitrogens is 1. The van der Waals surface area contributed by atoms with Gasteiger partial charge in [0, 0.05) is 36.7 Å². The number of unbranched alkanes of at least 4 members (excludes halogenated alkanes) is 1. The molecule has 0 saturated heterocycles. The number of benzene rings is 1. The van der Waals surface area contributed by atoms with Crippen LogP contribution in [0.5, 0.6) is 0 Å². The fourth-order valence-corrected chi connectivity index (χ4v) is 3.54. The smallest absolute Gasteiger partial charge is 0.0991 e. The molecule has 0 amide bonds. The Morgan fingerprint density at radius 1 is 1.25 bits per heavy atom. The molecule has 3 aromatic rings. The number of nitrogens with zero attached hydrogens (tertiary/aromatic N) is 4. The molecule has 0 spiro atoms. The van der Waals surface area contributed by atoms with Crippen LogP contribution in [-0.2, 0) is 6.42 Å². The summed E-state index contributed by atoms with van der Waals surface area (Å²) >= 11 is 0. The minimum absolute atomic E-state index is 0.253. The Labute approximate surface area is 142 Å². The van der Waals surface area contributed by atoms with E-state index in [2.05, 4.69) is 51.0 Å². The Morgan fingerprint density at radius 2 is 2.12 bits per heavy atom. The third kappa shape index (κ3) is 2.76. The predicted molar refractivity (Wildman–Crippen MR) is 94.2 cm³/mol. The number of rotatable bonds is 5. The van der Waals surface area contributed by atoms with Crippen molar-refractivity contribution in [3.05, 3.63) is 66.3 Å². The first-order valence-electron chi connectivity index (χ1n) is 8.71. The summed E-state index contributed by atoms with van der Waals surface area (Å²) < 4.78 is 2.03. The number of imidazole rings is 2. The van der Waals surface area contributed by atoms with Gasteiger partial charge in [0.15, 0.2) is 0 Å². The van der Waals surface area contributed by atoms with E-state index in [0.29, 0.717) is 0 Å². The van der Waals surface area contributed by atoms with Crippen LogP contribution in [-0.4, -0.2) is 37.5 Å². The first-order chi connectivity index (χ1) is 11.9. The monoisotopic (exact) mass is 321 g/mol. The van der Waals surface area contributed by atoms with Crippen LogP contribution in [0.1, 0.15) is 42.8 Å². The van der Waals surface area contributed by atoms with Crippen LogP contribution in [0.2, 0.25) is 0 Å². The van der Waals surface area contributed by atoms with Gasteiger partial charge in [-0.05, 0) is 30.7 Å². The first-order valence-corrected chi connectivity index (χ1v) is 8.71. The maximum absolute atomic E-state index is 4.63. The molecular formula is C19H23N5. The van der Waals surface area contributed by atoms with E-state index in [9.17, 15) is 0 Å². The maximum atomic E-state index is 4.63. The Hall–Kier alpha value is -2.40. The number of fused-ring (bicyclic) bond motifs is 1. The van der Waals surface area contributed by atoms with Crippen LogP contribution in [0, 0.1) is 0 Å². The van der Waals surface area contributed by atoms with Gasteiger partial charge in [-0.1, -0.05) is 25.5 Å². The Kier molecular flexibility index (Phi) is 4.17. The fraction of sp³-hybridized carbons (Fsp3) is 0.368. The van der Waals surface area contributed by atoms with E-state index in [0.717, 1.165) is 25.2 Å². The topological polar surface area (TPSA) is 49.7 Å². The summed E-state index contributed by atoms with van der Waals surface area (Å²) in [6.45, 7) is 4.46. The average molecular weight is 321 g/mol. The van der Waals surface area contributed by atoms with Gasteiger partial charge in [-0.2, -0.15) is 0 Å². The summed E-state index contributed by atoms with van der Waals surface area (Å²) in [6.07, 6.45) is 10.9. The van der Waals surface area contributed by atoms with Crippen LogP contribution in [0.3, 0.4) is 0 Å². The molecule has 1 aliphatic rings. The van der Waals surface area contributed by atoms with Crippen LogP contribution in [0.4, 0.5) is 0 Å². The van der Waals surface area contributed by atoms with Crippen molar-refractivity contribution in [3.63, 3.8) is 0 Å². The van der Waals surface area contributed by atoms with Gasteiger partial charge >= 0.3 is 0 Å². The van der Waals surface area contributed by atoms with Gasteiger partial charge in [0.1, 0.15) is 0 Å². The Morgan fingerprint density at radius 3 is 2.88 bits per heavy atom. The lowest BCUT2D eigenvalue weighted by atomic mass is 9.95. The molecule has 5 nitrogen and oxygen atoms in total. The molecule has 124 valence electrons. The van der Waals surface area contributed by atoms with Gasteiger partial charge in [0.25, 0.3) is 0 Å². The highest BCUT2D eigenvalue weighted by atomic mass is 15.2. The average Bonchev–Trinajstić information content (AvgIpc) is 3.31. The second-order valence-corrected chi connectivity index (χ2v) is 6.37. The van der Waals surface area contributed by atoms with E-state index in [4.69, 9.17) is 0 Å². The van der Waals surface area contributed by atoms with Crippen molar-refractivity contribution in [2.45, 2.75) is 32.2 Å². The molecule has 0 aliphatic carbocycles. The number of aromatic nitrogens is 4. The minimum Gasteiger partial charge on any atom is -0.348 e. The van der Waals surface area contributed by atoms with Gasteiger partial charge in [-0.3, -0.25) is 4.90 Å². The summed E-state index contributed by atoms with van der Waals surface area (Å²) in [5, 5.41) is 0. The van der Waals surface area contributed by atoms with Crippen molar-refractivity contribution < 1.29 is 0 Å². The second-order valence-electron chi connectivity index (χ2n) is 6.37. The molecule has 4 rings (SSSR count). The van der Waals surface area contributed by atoms with E-state index in [1.807, 2.05) is 23.4 Å². The van der Waals surface area contributed by atoms with Crippen LogP contribution >= 0.6 is 0 Å². The molecule has 1 N–H and O–H groups in total. The van der Waals surface area contributed by atoms with E-state index in [1.165, 1.54) is 29.8 Å². The second kappa shape index (κ2) is 6.61. The largest absolute Gasteiger partial charge is 0.348 e. The highest BCUT2D eigenvalue weighted by Gasteiger charge is 2.30. The van der Waals surface area contributed by atoms with Crippen molar-refractivity contribution in [2.24, 2.45) is 0 Å². The van der Waals surface area contributed by atoms with E-state index >= 15 is 0 Å². The molecule has 0 saturated carbocycles. The predicted octanol–water partition coefficient (Wildman–Crippen LogP) is 3.34. The van der Waals surface area contributed by atoms with Crippen LogP contribution < -0.4 is 0 Å². The summed E-state index contributed by atoms with van der Waals surface area (Å²) in [6, 6.07) is 9.03. The van der Waals surface area contributed by atoms with Crippen molar-refractivity contribution in [1.29, 1.82) is 0 Å². The number of hydrogen-bond acceptors (Lipinski definition) is 3. The standard InChI is InChI=1S/C19H23N5/c1-2-3-10-23-11-8-17-18(22-13-21-17)19(23)15-4-6-16(7-5-15)24-12-9-20-14-24/h4-7,9,12-14,19H,2-3,8,10-11H2,1H3,(H,21,22). The van der Waals surface area contributed by atoms with Gasteiger partial charge in [-0.25, -0.2) is 9.97 Å². The minimum atomic E-state index is 0.253. The van der Waals surface area contributed by atoms with Gasteiger partial charge in [0.2, 0.25) is 0 Å². The zero-order valence-electron chi connectivity index (χ0n) is 14.0. The first kappa shape index (κ1) is 15.1. The van der Waals surface area contributed by atoms with Crippen molar-refractivity contribution in [1.82, 2.24) is 24.4 Å². The molecule has 1 aromatic carbocycles. The van der Waals surface area contributed by atoms with Gasteiger partial charge < -0.3 is 9.55 Å². The number of nitrogens with one attached hydrogen (secondary N) is 1.